The van der Waals surface area contributed by atoms with Gasteiger partial charge in [-0.05, 0) is 56.4 Å². The highest BCUT2D eigenvalue weighted by molar-refractivity contribution is 6.33. The Labute approximate surface area is 367 Å². The smallest absolute Gasteiger partial charge is 0.225 e. The zero-order valence-corrected chi connectivity index (χ0v) is 36.5. The Kier molecular flexibility index (Phi) is 20.5. The van der Waals surface area contributed by atoms with E-state index in [2.05, 4.69) is 31.8 Å². The summed E-state index contributed by atoms with van der Waals surface area (Å²) in [6, 6.07) is 7.57. The summed E-state index contributed by atoms with van der Waals surface area (Å²) in [5, 5.41) is 20.2. The average Bonchev–Trinajstić information content (AvgIpc) is 3.51. The van der Waals surface area contributed by atoms with E-state index in [9.17, 15) is 14.8 Å². The monoisotopic (exact) mass is 878 g/mol. The number of aromatic nitrogens is 4. The van der Waals surface area contributed by atoms with Crippen LogP contribution in [0.15, 0.2) is 54.4 Å². The van der Waals surface area contributed by atoms with Gasteiger partial charge < -0.3 is 38.4 Å². The molecule has 1 aliphatic heterocycles. The molecule has 2 atom stereocenters. The molecule has 1 N–H and O–H groups in total. The first-order valence-electron chi connectivity index (χ1n) is 21.1. The summed E-state index contributed by atoms with van der Waals surface area (Å²) < 4.78 is 63.2. The number of aliphatic hydroxyl groups excluding tert-OH is 1. The maximum atomic E-state index is 15.6. The number of allylic oxidation sites excluding steroid dienone is 1. The van der Waals surface area contributed by atoms with Crippen LogP contribution in [0.2, 0.25) is 5.02 Å². The van der Waals surface area contributed by atoms with Gasteiger partial charge in [-0.25, -0.2) is 28.7 Å². The Bertz CT molecular complexity index is 2120. The first-order chi connectivity index (χ1) is 30.2. The van der Waals surface area contributed by atoms with Crippen molar-refractivity contribution in [2.45, 2.75) is 58.5 Å². The number of benzene rings is 1. The largest absolute Gasteiger partial charge is 0.387 e. The highest BCUT2D eigenvalue weighted by atomic mass is 35.5. The second-order valence-electron chi connectivity index (χ2n) is 14.7. The molecular formula is C46H57ClF2N6O7. The molecule has 5 rings (SSSR count). The summed E-state index contributed by atoms with van der Waals surface area (Å²) in [7, 11) is 0. The van der Waals surface area contributed by atoms with Gasteiger partial charge in [0.1, 0.15) is 11.5 Å². The van der Waals surface area contributed by atoms with E-state index in [1.165, 1.54) is 24.3 Å². The van der Waals surface area contributed by atoms with Gasteiger partial charge in [-0.15, -0.1) is 0 Å². The number of fused-ring (bicyclic) bond motifs is 1. The van der Waals surface area contributed by atoms with E-state index in [0.29, 0.717) is 129 Å². The lowest BCUT2D eigenvalue weighted by Crippen LogP contribution is -2.26. The quantitative estimate of drug-likeness (QED) is 0.0509. The number of rotatable bonds is 25. The number of nitrogens with zero attached hydrogens (tertiary/aromatic N) is 6. The van der Waals surface area contributed by atoms with Gasteiger partial charge in [-0.1, -0.05) is 49.2 Å². The van der Waals surface area contributed by atoms with E-state index in [1.807, 2.05) is 19.1 Å². The van der Waals surface area contributed by atoms with Crippen LogP contribution in [0.1, 0.15) is 67.8 Å². The lowest BCUT2D eigenvalue weighted by atomic mass is 9.97. The Balaban J connectivity index is 1.05. The maximum Gasteiger partial charge on any atom is 0.225 e. The first-order valence-corrected chi connectivity index (χ1v) is 21.5. The molecule has 1 aliphatic rings. The van der Waals surface area contributed by atoms with Crippen LogP contribution >= 0.6 is 11.6 Å². The Morgan fingerprint density at radius 1 is 0.855 bits per heavy atom. The second kappa shape index (κ2) is 26.2. The van der Waals surface area contributed by atoms with Crippen molar-refractivity contribution in [3.05, 3.63) is 93.4 Å². The summed E-state index contributed by atoms with van der Waals surface area (Å²) in [4.78, 5) is 20.4. The highest BCUT2D eigenvalue weighted by Gasteiger charge is 2.20. The van der Waals surface area contributed by atoms with Crippen LogP contribution in [0.4, 0.5) is 14.7 Å². The van der Waals surface area contributed by atoms with E-state index >= 15 is 4.39 Å². The fraction of sp³-hybridized carbons (Fsp3) is 0.500. The number of pyridine rings is 2. The fourth-order valence-corrected chi connectivity index (χ4v) is 6.90. The topological polar surface area (TPSA) is 154 Å². The lowest BCUT2D eigenvalue weighted by molar-refractivity contribution is -0.0206. The Hall–Kier alpha value is -4.50. The van der Waals surface area contributed by atoms with Gasteiger partial charge >= 0.3 is 0 Å². The van der Waals surface area contributed by atoms with E-state index in [0.717, 1.165) is 37.9 Å². The molecule has 62 heavy (non-hydrogen) atoms. The number of hydrogen-bond acceptors (Lipinski definition) is 13. The number of hydrogen-bond donors (Lipinski definition) is 1. The predicted octanol–water partition coefficient (Wildman–Crippen LogP) is 7.80. The van der Waals surface area contributed by atoms with Crippen LogP contribution in [-0.4, -0.2) is 124 Å². The summed E-state index contributed by atoms with van der Waals surface area (Å²) >= 11 is 6.72. The van der Waals surface area contributed by atoms with Crippen molar-refractivity contribution in [2.24, 2.45) is 0 Å². The molecule has 0 saturated carbocycles. The Morgan fingerprint density at radius 3 is 2.11 bits per heavy atom. The zero-order valence-electron chi connectivity index (χ0n) is 35.8. The molecule has 4 aromatic rings. The molecular weight excluding hydrogens is 822 g/mol. The van der Waals surface area contributed by atoms with Gasteiger partial charge in [0.15, 0.2) is 5.82 Å². The molecule has 1 fully saturated rings. The number of anilines is 1. The molecule has 0 amide bonds. The zero-order chi connectivity index (χ0) is 44.1. The lowest BCUT2D eigenvalue weighted by Gasteiger charge is -2.20. The third kappa shape index (κ3) is 15.1. The van der Waals surface area contributed by atoms with Crippen LogP contribution in [0.3, 0.4) is 0 Å². The standard InChI is InChI=1S/C46H57ClF2N6O7/c1-4-14-57-15-16-58-17-18-59-19-20-60-21-22-61-23-24-62-31-37(56)25-34-6-5-12-55(13-11-34)46-51-29-36(30-52-46)44-41(49)27-42-45(54-44)38(43(47)33(3)53-42)9-7-32(2)39-26-35(28-50)8-10-40(39)48/h7-10,25-27,29-30,32,37,56H,4-6,11-24,31H2,1-3H3/b9-7-,34-25-/t32-,37?/m0/s1. The van der Waals surface area contributed by atoms with Crippen LogP contribution in [0.25, 0.3) is 28.4 Å². The number of halogens is 3. The van der Waals surface area contributed by atoms with Gasteiger partial charge in [-0.3, -0.25) is 0 Å². The summed E-state index contributed by atoms with van der Waals surface area (Å²) in [6.07, 6.45) is 11.1. The molecule has 0 spiro atoms. The average molecular weight is 879 g/mol. The molecule has 1 unspecified atom stereocenters. The van der Waals surface area contributed by atoms with Crippen molar-refractivity contribution >= 4 is 34.7 Å². The molecule has 0 radical (unpaired) electrons. The minimum absolute atomic E-state index is 0.0400. The Morgan fingerprint density at radius 2 is 1.48 bits per heavy atom. The molecule has 0 aliphatic carbocycles. The maximum absolute atomic E-state index is 15.6. The van der Waals surface area contributed by atoms with Crippen molar-refractivity contribution in [3.8, 4) is 17.3 Å². The van der Waals surface area contributed by atoms with Crippen LogP contribution < -0.4 is 4.90 Å². The molecule has 16 heteroatoms. The van der Waals surface area contributed by atoms with Crippen LogP contribution in [-0.2, 0) is 28.4 Å². The van der Waals surface area contributed by atoms with Gasteiger partial charge in [0.2, 0.25) is 5.95 Å². The van der Waals surface area contributed by atoms with Crippen molar-refractivity contribution in [1.82, 2.24) is 19.9 Å². The van der Waals surface area contributed by atoms with E-state index in [4.69, 9.17) is 40.0 Å². The number of ether oxygens (including phenoxy) is 6. The van der Waals surface area contributed by atoms with Gasteiger partial charge in [0.25, 0.3) is 0 Å². The second-order valence-corrected chi connectivity index (χ2v) is 15.1. The molecule has 1 saturated heterocycles. The molecule has 3 aromatic heterocycles. The van der Waals surface area contributed by atoms with E-state index in [-0.39, 0.29) is 12.3 Å². The summed E-state index contributed by atoms with van der Waals surface area (Å²) in [5.74, 6) is -0.916. The van der Waals surface area contributed by atoms with Crippen molar-refractivity contribution in [2.75, 3.05) is 97.3 Å². The third-order valence-electron chi connectivity index (χ3n) is 9.97. The highest BCUT2D eigenvalue weighted by Crippen LogP contribution is 2.33. The van der Waals surface area contributed by atoms with Gasteiger partial charge in [0, 0.05) is 55.2 Å². The fourth-order valence-electron chi connectivity index (χ4n) is 6.71. The summed E-state index contributed by atoms with van der Waals surface area (Å²) in [5.41, 5.74) is 3.94. The SMILES string of the molecule is CCCOCCOCCOCCOCCOCCOCC(O)/C=C1/CCCN(c2ncc(-c3nc4c(/C=C\[C@H](C)c5cc(C#N)ccc5F)c(Cl)c(C)nc4cc3F)cn2)CC1. The molecule has 4 heterocycles. The van der Waals surface area contributed by atoms with Crippen molar-refractivity contribution < 1.29 is 42.3 Å². The molecule has 13 nitrogen and oxygen atoms in total. The third-order valence-corrected chi connectivity index (χ3v) is 10.4. The normalized spacial score (nSPS) is 15.1. The first kappa shape index (κ1) is 48.5. The van der Waals surface area contributed by atoms with E-state index < -0.39 is 23.7 Å². The predicted molar refractivity (Wildman–Crippen MR) is 234 cm³/mol. The molecule has 1 aromatic carbocycles. The minimum Gasteiger partial charge on any atom is -0.387 e. The summed E-state index contributed by atoms with van der Waals surface area (Å²) in [6.45, 7) is 12.7. The molecule has 0 bridgehead atoms. The van der Waals surface area contributed by atoms with Crippen LogP contribution in [0.5, 0.6) is 0 Å². The van der Waals surface area contributed by atoms with Crippen molar-refractivity contribution in [3.63, 3.8) is 0 Å². The number of aryl methyl sites for hydroxylation is 1. The van der Waals surface area contributed by atoms with Gasteiger partial charge in [0.05, 0.1) is 112 Å². The van der Waals surface area contributed by atoms with Crippen LogP contribution in [0, 0.1) is 29.9 Å². The van der Waals surface area contributed by atoms with E-state index in [1.54, 1.807) is 31.5 Å². The van der Waals surface area contributed by atoms with Gasteiger partial charge in [-0.2, -0.15) is 5.26 Å². The number of nitriles is 1. The minimum atomic E-state index is -0.738. The van der Waals surface area contributed by atoms with Crippen molar-refractivity contribution in [1.29, 1.82) is 5.26 Å². The number of aliphatic hydroxyl groups is 1. The molecule has 334 valence electrons.